The molecule has 0 aliphatic carbocycles. The number of ether oxygens (including phenoxy) is 4. The molecule has 0 aromatic carbocycles. The van der Waals surface area contributed by atoms with Crippen molar-refractivity contribution in [3.63, 3.8) is 0 Å². The Labute approximate surface area is 587 Å². The first-order chi connectivity index (χ1) is 44.0. The maximum absolute atomic E-state index is 13.8. The summed E-state index contributed by atoms with van der Waals surface area (Å²) in [7, 11) is 17.5. The molecule has 4 unspecified atom stereocenters. The van der Waals surface area contributed by atoms with Crippen molar-refractivity contribution in [2.45, 2.75) is 274 Å². The number of carbonyl (C=O) groups is 4. The van der Waals surface area contributed by atoms with Crippen molar-refractivity contribution >= 4 is 110 Å². The molecule has 0 aromatic rings. The van der Waals surface area contributed by atoms with Crippen molar-refractivity contribution < 1.29 is 38.1 Å². The Morgan fingerprint density at radius 1 is 0.256 bits per heavy atom. The highest BCUT2D eigenvalue weighted by Crippen LogP contribution is 2.31. The maximum atomic E-state index is 13.8. The topological polar surface area (TPSA) is 115 Å². The molecule has 0 fully saturated rings. The highest BCUT2D eigenvalue weighted by molar-refractivity contribution is 8.77. The Morgan fingerprint density at radius 3 is 0.700 bits per heavy atom. The van der Waals surface area contributed by atoms with Crippen LogP contribution in [0.2, 0.25) is 0 Å². The fourth-order valence-corrected chi connectivity index (χ4v) is 19.8. The summed E-state index contributed by atoms with van der Waals surface area (Å²) in [6.07, 6.45) is 36.8. The highest BCUT2D eigenvalue weighted by Gasteiger charge is 2.25. The summed E-state index contributed by atoms with van der Waals surface area (Å²) in [4.78, 5) is 62.1. The largest absolute Gasteiger partial charge is 0.464 e. The van der Waals surface area contributed by atoms with Gasteiger partial charge in [0.15, 0.2) is 0 Å². The molecule has 0 aliphatic heterocycles. The summed E-state index contributed by atoms with van der Waals surface area (Å²) >= 11 is 0. The van der Waals surface area contributed by atoms with Gasteiger partial charge in [-0.2, -0.15) is 0 Å². The van der Waals surface area contributed by atoms with Gasteiger partial charge in [0.1, 0.15) is 26.4 Å². The van der Waals surface area contributed by atoms with Crippen LogP contribution in [0.1, 0.15) is 274 Å². The van der Waals surface area contributed by atoms with Crippen LogP contribution in [0, 0.1) is 23.7 Å². The minimum atomic E-state index is -0.0749. The monoisotopic (exact) mass is 1420 g/mol. The summed E-state index contributed by atoms with van der Waals surface area (Å²) in [6, 6.07) is 0. The third-order valence-corrected chi connectivity index (χ3v) is 26.5. The molecule has 0 aliphatic rings. The number of rotatable bonds is 72. The fourth-order valence-electron chi connectivity index (χ4n) is 10.3. The molecule has 11 nitrogen and oxygen atoms in total. The number of esters is 4. The standard InChI is InChI=1S/C71H139N3O8S8/c1-10-18-26-30-36-64(40-60-87-83-56-22-14-5)68(75)79-52-48-73(49-53-80-69(76)65(37-31-27-19-11-2)41-61-88-84-57-23-15-6)46-34-44-72(9)45-35-47-74(50-54-81-70(77)66(38-32-28-20-12-3)42-62-89-85-58-24-16-7)51-55-82-71(78)67(39-33-29-21-13-4)43-63-90-86-59-25-17-8/h64-67H,10-63H2,1-9H3. The molecule has 0 heterocycles. The van der Waals surface area contributed by atoms with Crippen molar-refractivity contribution in [2.24, 2.45) is 23.7 Å². The van der Waals surface area contributed by atoms with Gasteiger partial charge in [-0.15, -0.1) is 0 Å². The van der Waals surface area contributed by atoms with Crippen LogP contribution in [0.15, 0.2) is 0 Å². The quantitative estimate of drug-likeness (QED) is 0.0249. The Hall–Kier alpha value is 0.560. The first kappa shape index (κ1) is 90.6. The maximum Gasteiger partial charge on any atom is 0.309 e. The SMILES string of the molecule is CCCCCCC(CCSSCCCC)C(=O)OCCN(CCCN(C)CCCN(CCOC(=O)C(CCCCCC)CCSSCCCC)CCOC(=O)C(CCCCCC)CCSSCCCC)CCOC(=O)C(CCCCCC)CCSSCCCC. The van der Waals surface area contributed by atoms with Crippen LogP contribution in [0.25, 0.3) is 0 Å². The Morgan fingerprint density at radius 2 is 0.478 bits per heavy atom. The van der Waals surface area contributed by atoms with Gasteiger partial charge in [0.05, 0.1) is 23.7 Å². The molecule has 0 rings (SSSR count). The second kappa shape index (κ2) is 70.9. The summed E-state index contributed by atoms with van der Waals surface area (Å²) < 4.78 is 24.5. The van der Waals surface area contributed by atoms with E-state index in [-0.39, 0.29) is 47.5 Å². The van der Waals surface area contributed by atoms with E-state index in [1.165, 1.54) is 103 Å². The molecule has 19 heteroatoms. The van der Waals surface area contributed by atoms with Gasteiger partial charge in [-0.05, 0) is 123 Å². The lowest BCUT2D eigenvalue weighted by molar-refractivity contribution is -0.151. The molecule has 0 amide bonds. The summed E-state index contributed by atoms with van der Waals surface area (Å²) in [6.45, 7) is 24.9. The molecule has 4 atom stereocenters. The molecule has 0 saturated heterocycles. The zero-order chi connectivity index (χ0) is 66.0. The predicted octanol–water partition coefficient (Wildman–Crippen LogP) is 21.1. The predicted molar refractivity (Wildman–Crippen MR) is 410 cm³/mol. The molecular formula is C71H139N3O8S8. The fraction of sp³-hybridized carbons (Fsp3) is 0.944. The molecule has 90 heavy (non-hydrogen) atoms. The third kappa shape index (κ3) is 57.6. The Kier molecular flexibility index (Phi) is 71.3. The smallest absolute Gasteiger partial charge is 0.309 e. The lowest BCUT2D eigenvalue weighted by Crippen LogP contribution is -2.36. The van der Waals surface area contributed by atoms with Gasteiger partial charge in [0, 0.05) is 72.2 Å². The van der Waals surface area contributed by atoms with Gasteiger partial charge in [-0.25, -0.2) is 0 Å². The van der Waals surface area contributed by atoms with Crippen LogP contribution >= 0.6 is 86.4 Å². The molecule has 0 saturated carbocycles. The second-order valence-corrected chi connectivity index (χ2v) is 35.5. The highest BCUT2D eigenvalue weighted by atomic mass is 33.1. The van der Waals surface area contributed by atoms with Crippen LogP contribution in [-0.2, 0) is 38.1 Å². The van der Waals surface area contributed by atoms with Crippen molar-refractivity contribution in [3.8, 4) is 0 Å². The summed E-state index contributed by atoms with van der Waals surface area (Å²) in [5, 5.41) is 0. The molecular weight excluding hydrogens is 1280 g/mol. The van der Waals surface area contributed by atoms with E-state index in [9.17, 15) is 19.2 Å². The van der Waals surface area contributed by atoms with E-state index in [1.54, 1.807) is 0 Å². The van der Waals surface area contributed by atoms with Gasteiger partial charge in [-0.1, -0.05) is 270 Å². The van der Waals surface area contributed by atoms with Crippen molar-refractivity contribution in [3.05, 3.63) is 0 Å². The first-order valence-electron chi connectivity index (χ1n) is 36.8. The van der Waals surface area contributed by atoms with E-state index in [4.69, 9.17) is 18.9 Å². The van der Waals surface area contributed by atoms with Crippen LogP contribution in [0.3, 0.4) is 0 Å². The van der Waals surface area contributed by atoms with Crippen molar-refractivity contribution in [1.82, 2.24) is 14.7 Å². The first-order valence-corrected chi connectivity index (χ1v) is 46.8. The number of hydrogen-bond acceptors (Lipinski definition) is 19. The van der Waals surface area contributed by atoms with Crippen molar-refractivity contribution in [2.75, 3.05) is 132 Å². The minimum absolute atomic E-state index is 0.0633. The Bertz CT molecular complexity index is 1380. The van der Waals surface area contributed by atoms with E-state index in [0.29, 0.717) is 52.6 Å². The van der Waals surface area contributed by atoms with Crippen LogP contribution in [-0.4, -0.2) is 170 Å². The van der Waals surface area contributed by atoms with Gasteiger partial charge in [0.25, 0.3) is 0 Å². The molecule has 0 aromatic heterocycles. The van der Waals surface area contributed by atoms with Gasteiger partial charge >= 0.3 is 23.9 Å². The van der Waals surface area contributed by atoms with E-state index in [1.807, 2.05) is 86.4 Å². The number of carbonyl (C=O) groups excluding carboxylic acids is 4. The lowest BCUT2D eigenvalue weighted by Gasteiger charge is -2.26. The number of hydrogen-bond donors (Lipinski definition) is 0. The third-order valence-electron chi connectivity index (χ3n) is 16.5. The van der Waals surface area contributed by atoms with Crippen LogP contribution in [0.5, 0.6) is 0 Å². The minimum Gasteiger partial charge on any atom is -0.464 e. The van der Waals surface area contributed by atoms with Gasteiger partial charge in [0.2, 0.25) is 0 Å². The van der Waals surface area contributed by atoms with Crippen LogP contribution < -0.4 is 0 Å². The van der Waals surface area contributed by atoms with E-state index in [0.717, 1.165) is 188 Å². The molecule has 534 valence electrons. The second-order valence-electron chi connectivity index (χ2n) is 24.7. The van der Waals surface area contributed by atoms with Crippen LogP contribution in [0.4, 0.5) is 0 Å². The average Bonchev–Trinajstić information content (AvgIpc) is 3.36. The van der Waals surface area contributed by atoms with Crippen molar-refractivity contribution in [1.29, 1.82) is 0 Å². The molecule has 0 bridgehead atoms. The lowest BCUT2D eigenvalue weighted by atomic mass is 9.98. The van der Waals surface area contributed by atoms with E-state index < -0.39 is 0 Å². The van der Waals surface area contributed by atoms with Gasteiger partial charge in [-0.3, -0.25) is 29.0 Å². The molecule has 0 radical (unpaired) electrons. The average molecular weight is 1420 g/mol. The molecule has 0 N–H and O–H groups in total. The zero-order valence-electron chi connectivity index (χ0n) is 59.4. The zero-order valence-corrected chi connectivity index (χ0v) is 65.9. The summed E-state index contributed by atoms with van der Waals surface area (Å²) in [5.74, 6) is 7.90. The van der Waals surface area contributed by atoms with E-state index >= 15 is 0 Å². The normalized spacial score (nSPS) is 13.1. The number of unbranched alkanes of at least 4 members (excludes halogenated alkanes) is 16. The van der Waals surface area contributed by atoms with E-state index in [2.05, 4.69) is 77.1 Å². The molecule has 0 spiro atoms. The van der Waals surface area contributed by atoms with Gasteiger partial charge < -0.3 is 23.8 Å². The Balaban J connectivity index is 6.18. The summed E-state index contributed by atoms with van der Waals surface area (Å²) in [5.41, 5.74) is 0. The number of nitrogens with zero attached hydrogens (tertiary/aromatic N) is 3.